The molecule has 1 saturated carbocycles. The molecule has 3 rings (SSSR count). The minimum atomic E-state index is 0.627. The first-order valence-corrected chi connectivity index (χ1v) is 5.00. The number of hydrogen-bond donors (Lipinski definition) is 2. The molecular weight excluding hydrogens is 174 g/mol. The third-order valence-corrected chi connectivity index (χ3v) is 3.02. The van der Waals surface area contributed by atoms with Crippen molar-refractivity contribution in [2.24, 2.45) is 5.92 Å². The molecule has 3 heteroatoms. The van der Waals surface area contributed by atoms with Crippen molar-refractivity contribution in [1.29, 1.82) is 0 Å². The maximum atomic E-state index is 5.84. The van der Waals surface area contributed by atoms with E-state index < -0.39 is 0 Å². The zero-order valence-corrected chi connectivity index (χ0v) is 8.12. The fourth-order valence-corrected chi connectivity index (χ4v) is 1.95. The van der Waals surface area contributed by atoms with Gasteiger partial charge in [0.05, 0.1) is 11.2 Å². The van der Waals surface area contributed by atoms with Crippen molar-refractivity contribution in [1.82, 2.24) is 9.97 Å². The number of anilines is 1. The van der Waals surface area contributed by atoms with E-state index in [-0.39, 0.29) is 0 Å². The molecule has 0 spiro atoms. The second-order valence-electron chi connectivity index (χ2n) is 4.18. The van der Waals surface area contributed by atoms with E-state index in [4.69, 9.17) is 5.73 Å². The molecule has 3 N–H and O–H groups in total. The summed E-state index contributed by atoms with van der Waals surface area (Å²) in [4.78, 5) is 7.88. The Morgan fingerprint density at radius 1 is 1.50 bits per heavy atom. The van der Waals surface area contributed by atoms with Crippen LogP contribution in [-0.4, -0.2) is 9.97 Å². The van der Waals surface area contributed by atoms with E-state index in [1.54, 1.807) is 0 Å². The third-order valence-electron chi connectivity index (χ3n) is 3.02. The lowest BCUT2D eigenvalue weighted by Gasteiger charge is -1.90. The van der Waals surface area contributed by atoms with Gasteiger partial charge >= 0.3 is 0 Å². The van der Waals surface area contributed by atoms with Crippen LogP contribution >= 0.6 is 0 Å². The molecule has 0 amide bonds. The van der Waals surface area contributed by atoms with Crippen LogP contribution in [0.2, 0.25) is 0 Å². The number of imidazole rings is 1. The molecule has 2 unspecified atom stereocenters. The molecule has 72 valence electrons. The Labute approximate surface area is 82.3 Å². The summed E-state index contributed by atoms with van der Waals surface area (Å²) in [5, 5.41) is 0. The maximum absolute atomic E-state index is 5.84. The van der Waals surface area contributed by atoms with Gasteiger partial charge < -0.3 is 10.7 Å². The fraction of sp³-hybridized carbons (Fsp3) is 0.364. The highest BCUT2D eigenvalue weighted by Crippen LogP contribution is 2.46. The highest BCUT2D eigenvalue weighted by Gasteiger charge is 2.36. The van der Waals surface area contributed by atoms with Gasteiger partial charge in [0.15, 0.2) is 0 Å². The van der Waals surface area contributed by atoms with Crippen molar-refractivity contribution >= 4 is 16.7 Å². The van der Waals surface area contributed by atoms with Crippen LogP contribution in [-0.2, 0) is 0 Å². The molecule has 0 bridgehead atoms. The third kappa shape index (κ3) is 1.02. The van der Waals surface area contributed by atoms with Gasteiger partial charge in [-0.1, -0.05) is 13.0 Å². The van der Waals surface area contributed by atoms with Gasteiger partial charge in [-0.2, -0.15) is 0 Å². The molecule has 0 aliphatic heterocycles. The predicted octanol–water partition coefficient (Wildman–Crippen LogP) is 2.27. The number of nitrogen functional groups attached to an aromatic ring is 1. The summed E-state index contributed by atoms with van der Waals surface area (Å²) < 4.78 is 0. The van der Waals surface area contributed by atoms with Crippen molar-refractivity contribution < 1.29 is 0 Å². The van der Waals surface area contributed by atoms with Crippen molar-refractivity contribution in [3.8, 4) is 0 Å². The van der Waals surface area contributed by atoms with Crippen LogP contribution in [0, 0.1) is 5.92 Å². The lowest BCUT2D eigenvalue weighted by atomic mass is 10.3. The van der Waals surface area contributed by atoms with Gasteiger partial charge in [0, 0.05) is 5.92 Å². The summed E-state index contributed by atoms with van der Waals surface area (Å²) in [6.07, 6.45) is 1.25. The lowest BCUT2D eigenvalue weighted by molar-refractivity contribution is 0.867. The van der Waals surface area contributed by atoms with Gasteiger partial charge in [0.25, 0.3) is 0 Å². The molecule has 1 aliphatic carbocycles. The van der Waals surface area contributed by atoms with Gasteiger partial charge in [-0.15, -0.1) is 0 Å². The van der Waals surface area contributed by atoms with Crippen molar-refractivity contribution in [3.63, 3.8) is 0 Å². The summed E-state index contributed by atoms with van der Waals surface area (Å²) in [6.45, 7) is 2.25. The number of aromatic amines is 1. The first-order valence-electron chi connectivity index (χ1n) is 5.00. The minimum Gasteiger partial charge on any atom is -0.397 e. The molecule has 0 saturated heterocycles. The van der Waals surface area contributed by atoms with Crippen LogP contribution in [0.3, 0.4) is 0 Å². The Balaban J connectivity index is 2.16. The average Bonchev–Trinajstić information content (AvgIpc) is 2.75. The standard InChI is InChI=1S/C11H13N3/c1-6-5-7(6)11-13-9-4-2-3-8(12)10(9)14-11/h2-4,6-7H,5,12H2,1H3,(H,13,14). The van der Waals surface area contributed by atoms with Gasteiger partial charge in [-0.3, -0.25) is 0 Å². The normalized spacial score (nSPS) is 25.5. The van der Waals surface area contributed by atoms with Crippen LogP contribution in [0.1, 0.15) is 25.1 Å². The van der Waals surface area contributed by atoms with Crippen LogP contribution in [0.4, 0.5) is 5.69 Å². The quantitative estimate of drug-likeness (QED) is 0.673. The predicted molar refractivity (Wildman–Crippen MR) is 57.0 cm³/mol. The lowest BCUT2D eigenvalue weighted by Crippen LogP contribution is -1.86. The topological polar surface area (TPSA) is 54.7 Å². The van der Waals surface area contributed by atoms with E-state index in [1.165, 1.54) is 6.42 Å². The molecular formula is C11H13N3. The van der Waals surface area contributed by atoms with Gasteiger partial charge in [0.1, 0.15) is 11.3 Å². The van der Waals surface area contributed by atoms with Gasteiger partial charge in [0.2, 0.25) is 0 Å². The Morgan fingerprint density at radius 3 is 2.93 bits per heavy atom. The second kappa shape index (κ2) is 2.50. The number of nitrogens with two attached hydrogens (primary N) is 1. The highest BCUT2D eigenvalue weighted by atomic mass is 14.9. The van der Waals surface area contributed by atoms with E-state index in [9.17, 15) is 0 Å². The Bertz CT molecular complexity index is 486. The molecule has 1 aromatic heterocycles. The number of rotatable bonds is 1. The van der Waals surface area contributed by atoms with Crippen LogP contribution in [0.25, 0.3) is 11.0 Å². The van der Waals surface area contributed by atoms with E-state index >= 15 is 0 Å². The average molecular weight is 187 g/mol. The van der Waals surface area contributed by atoms with Crippen LogP contribution < -0.4 is 5.73 Å². The van der Waals surface area contributed by atoms with Crippen LogP contribution in [0.5, 0.6) is 0 Å². The number of aromatic nitrogens is 2. The molecule has 14 heavy (non-hydrogen) atoms. The van der Waals surface area contributed by atoms with Gasteiger partial charge in [-0.25, -0.2) is 4.98 Å². The number of H-pyrrole nitrogens is 1. The molecule has 1 heterocycles. The van der Waals surface area contributed by atoms with Gasteiger partial charge in [-0.05, 0) is 24.5 Å². The number of benzene rings is 1. The van der Waals surface area contributed by atoms with E-state index in [0.29, 0.717) is 5.92 Å². The number of nitrogens with one attached hydrogen (secondary N) is 1. The SMILES string of the molecule is CC1CC1c1nc2c(N)cccc2[nH]1. The van der Waals surface area contributed by atoms with Crippen molar-refractivity contribution in [2.75, 3.05) is 5.73 Å². The Morgan fingerprint density at radius 2 is 2.29 bits per heavy atom. The molecule has 3 nitrogen and oxygen atoms in total. The zero-order valence-electron chi connectivity index (χ0n) is 8.12. The van der Waals surface area contributed by atoms with E-state index in [1.807, 2.05) is 18.2 Å². The molecule has 2 aromatic rings. The summed E-state index contributed by atoms with van der Waals surface area (Å²) in [6, 6.07) is 5.87. The monoisotopic (exact) mass is 187 g/mol. The summed E-state index contributed by atoms with van der Waals surface area (Å²) in [5.41, 5.74) is 8.58. The smallest absolute Gasteiger partial charge is 0.111 e. The summed E-state index contributed by atoms with van der Waals surface area (Å²) in [7, 11) is 0. The molecule has 1 aromatic carbocycles. The Kier molecular flexibility index (Phi) is 1.40. The first-order chi connectivity index (χ1) is 6.75. The summed E-state index contributed by atoms with van der Waals surface area (Å²) >= 11 is 0. The number of fused-ring (bicyclic) bond motifs is 1. The maximum Gasteiger partial charge on any atom is 0.111 e. The largest absolute Gasteiger partial charge is 0.397 e. The fourth-order valence-electron chi connectivity index (χ4n) is 1.95. The van der Waals surface area contributed by atoms with Crippen LogP contribution in [0.15, 0.2) is 18.2 Å². The first kappa shape index (κ1) is 7.85. The van der Waals surface area contributed by atoms with E-state index in [0.717, 1.165) is 28.5 Å². The molecule has 1 fully saturated rings. The van der Waals surface area contributed by atoms with Crippen molar-refractivity contribution in [2.45, 2.75) is 19.3 Å². The number of para-hydroxylation sites is 1. The second-order valence-corrected chi connectivity index (χ2v) is 4.18. The van der Waals surface area contributed by atoms with Crippen molar-refractivity contribution in [3.05, 3.63) is 24.0 Å². The number of hydrogen-bond acceptors (Lipinski definition) is 2. The minimum absolute atomic E-state index is 0.627. The molecule has 1 aliphatic rings. The van der Waals surface area contributed by atoms with E-state index in [2.05, 4.69) is 16.9 Å². The number of nitrogens with zero attached hydrogens (tertiary/aromatic N) is 1. The summed E-state index contributed by atoms with van der Waals surface area (Å²) in [5.74, 6) is 2.50. The molecule has 2 atom stereocenters. The zero-order chi connectivity index (χ0) is 9.71. The Hall–Kier alpha value is -1.51. The molecule has 0 radical (unpaired) electrons. The highest BCUT2D eigenvalue weighted by molar-refractivity contribution is 5.86.